The molecule has 0 radical (unpaired) electrons. The van der Waals surface area contributed by atoms with E-state index in [2.05, 4.69) is 34.8 Å². The molecule has 1 rings (SSSR count). The Morgan fingerprint density at radius 3 is 2.41 bits per heavy atom. The van der Waals surface area contributed by atoms with Crippen molar-refractivity contribution in [1.29, 1.82) is 0 Å². The Hall–Kier alpha value is -2.71. The van der Waals surface area contributed by atoms with Crippen LogP contribution >= 0.6 is 0 Å². The summed E-state index contributed by atoms with van der Waals surface area (Å²) in [5.74, 6) is -0.950. The van der Waals surface area contributed by atoms with Gasteiger partial charge in [0.1, 0.15) is 6.04 Å². The van der Waals surface area contributed by atoms with Crippen LogP contribution in [0, 0.1) is 0 Å². The van der Waals surface area contributed by atoms with Gasteiger partial charge in [-0.25, -0.2) is 0 Å². The molecule has 1 aliphatic rings. The van der Waals surface area contributed by atoms with Gasteiger partial charge in [-0.15, -0.1) is 0 Å². The molecule has 0 aromatic heterocycles. The van der Waals surface area contributed by atoms with E-state index in [0.29, 0.717) is 38.8 Å². The zero-order valence-corrected chi connectivity index (χ0v) is 21.2. The molecule has 0 spiro atoms. The van der Waals surface area contributed by atoms with Gasteiger partial charge >= 0.3 is 0 Å². The molecule has 6 N–H and O–H groups in total. The first-order valence-electron chi connectivity index (χ1n) is 12.1. The van der Waals surface area contributed by atoms with Crippen LogP contribution in [0.2, 0.25) is 0 Å². The van der Waals surface area contributed by atoms with Crippen molar-refractivity contribution in [3.8, 4) is 0 Å². The van der Waals surface area contributed by atoms with Gasteiger partial charge in [0.05, 0.1) is 11.7 Å². The Kier molecular flexibility index (Phi) is 13.1. The number of nitrogens with two attached hydrogens (primary N) is 1. The van der Waals surface area contributed by atoms with Crippen molar-refractivity contribution in [3.05, 3.63) is 48.1 Å². The number of hydrogen-bond donors (Lipinski definition) is 5. The molecule has 1 saturated heterocycles. The van der Waals surface area contributed by atoms with E-state index in [4.69, 9.17) is 5.73 Å². The summed E-state index contributed by atoms with van der Waals surface area (Å²) >= 11 is 0. The van der Waals surface area contributed by atoms with Crippen LogP contribution in [-0.4, -0.2) is 48.6 Å². The van der Waals surface area contributed by atoms with Gasteiger partial charge in [0.25, 0.3) is 0 Å². The summed E-state index contributed by atoms with van der Waals surface area (Å²) in [6.45, 7) is 12.4. The van der Waals surface area contributed by atoms with E-state index < -0.39 is 17.7 Å². The van der Waals surface area contributed by atoms with Gasteiger partial charge in [-0.1, -0.05) is 61.4 Å². The summed E-state index contributed by atoms with van der Waals surface area (Å²) in [5.41, 5.74) is 7.44. The van der Waals surface area contributed by atoms with Gasteiger partial charge in [-0.2, -0.15) is 0 Å². The van der Waals surface area contributed by atoms with Crippen molar-refractivity contribution in [2.24, 2.45) is 5.73 Å². The third-order valence-electron chi connectivity index (χ3n) is 5.75. The van der Waals surface area contributed by atoms with Crippen molar-refractivity contribution < 1.29 is 14.4 Å². The molecule has 8 heteroatoms. The minimum absolute atomic E-state index is 0.252. The number of nitrogens with one attached hydrogen (secondary N) is 4. The van der Waals surface area contributed by atoms with Gasteiger partial charge < -0.3 is 27.0 Å². The lowest BCUT2D eigenvalue weighted by molar-refractivity contribution is -0.133. The average Bonchev–Trinajstić information content (AvgIpc) is 2.77. The van der Waals surface area contributed by atoms with Gasteiger partial charge in [0.2, 0.25) is 17.7 Å². The second-order valence-corrected chi connectivity index (χ2v) is 8.91. The van der Waals surface area contributed by atoms with Crippen molar-refractivity contribution in [2.45, 2.75) is 84.0 Å². The van der Waals surface area contributed by atoms with Crippen LogP contribution < -0.4 is 27.0 Å². The topological polar surface area (TPSA) is 125 Å². The molecule has 2 atom stereocenters. The predicted octanol–water partition coefficient (Wildman–Crippen LogP) is 2.35. The molecule has 0 saturated carbocycles. The van der Waals surface area contributed by atoms with E-state index in [0.717, 1.165) is 24.0 Å². The number of hydrogen-bond acceptors (Lipinski definition) is 5. The molecule has 1 fully saturated rings. The van der Waals surface area contributed by atoms with Crippen molar-refractivity contribution >= 4 is 17.7 Å². The van der Waals surface area contributed by atoms with Gasteiger partial charge in [0.15, 0.2) is 0 Å². The molecule has 0 unspecified atom stereocenters. The second-order valence-electron chi connectivity index (χ2n) is 8.91. The summed E-state index contributed by atoms with van der Waals surface area (Å²) in [6, 6.07) is -0.807. The van der Waals surface area contributed by atoms with E-state index in [1.165, 1.54) is 6.92 Å². The predicted molar refractivity (Wildman–Crippen MR) is 138 cm³/mol. The maximum atomic E-state index is 13.0. The largest absolute Gasteiger partial charge is 0.342 e. The van der Waals surface area contributed by atoms with Crippen molar-refractivity contribution in [1.82, 2.24) is 21.3 Å². The monoisotopic (exact) mass is 473 g/mol. The fourth-order valence-electron chi connectivity index (χ4n) is 3.74. The number of carbonyl (C=O) groups is 3. The van der Waals surface area contributed by atoms with Gasteiger partial charge in [-0.05, 0) is 59.0 Å². The van der Waals surface area contributed by atoms with Crippen molar-refractivity contribution in [2.75, 3.05) is 13.1 Å². The lowest BCUT2D eigenvalue weighted by Gasteiger charge is -2.34. The molecular formula is C26H43N5O3. The van der Waals surface area contributed by atoms with Gasteiger partial charge in [-0.3, -0.25) is 14.4 Å². The third kappa shape index (κ3) is 10.9. The Bertz CT molecular complexity index is 794. The standard InChI is InChI=1S/C26H43N5O3/c1-6-11-19(3)12-9-8-10-13-22(7-2)18-23(24(33)30-20(4)29-21(5)32)31-25(34)26(27)14-16-28-17-15-26/h7-10,12,20,23,28H,3,6,11,13-18,27H2,1-2,4-5H3,(H,29,32)(H,30,33)(H,31,34)/b10-8-,12-9-,22-7+/t20-,23-/m1/s1. The fourth-order valence-corrected chi connectivity index (χ4v) is 3.74. The Labute approximate surface area is 204 Å². The molecule has 0 aromatic carbocycles. The number of carbonyl (C=O) groups excluding carboxylic acids is 3. The molecule has 8 nitrogen and oxygen atoms in total. The highest BCUT2D eigenvalue weighted by atomic mass is 16.2. The fraction of sp³-hybridized carbons (Fsp3) is 0.577. The zero-order chi connectivity index (χ0) is 25.6. The summed E-state index contributed by atoms with van der Waals surface area (Å²) in [5, 5.41) is 11.5. The first kappa shape index (κ1) is 29.3. The third-order valence-corrected chi connectivity index (χ3v) is 5.75. The van der Waals surface area contributed by atoms with Crippen LogP contribution in [-0.2, 0) is 14.4 Å². The molecule has 1 aliphatic heterocycles. The highest BCUT2D eigenvalue weighted by molar-refractivity contribution is 5.92. The van der Waals surface area contributed by atoms with Crippen molar-refractivity contribution in [3.63, 3.8) is 0 Å². The maximum Gasteiger partial charge on any atom is 0.244 e. The number of piperidine rings is 1. The van der Waals surface area contributed by atoms with Crippen LogP contribution in [0.15, 0.2) is 48.1 Å². The first-order chi connectivity index (χ1) is 16.1. The molecule has 0 bridgehead atoms. The Morgan fingerprint density at radius 1 is 1.15 bits per heavy atom. The summed E-state index contributed by atoms with van der Waals surface area (Å²) in [4.78, 5) is 37.4. The Balaban J connectivity index is 2.88. The van der Waals surface area contributed by atoms with E-state index in [9.17, 15) is 14.4 Å². The summed E-state index contributed by atoms with van der Waals surface area (Å²) in [6.07, 6.45) is 13.3. The highest BCUT2D eigenvalue weighted by Gasteiger charge is 2.37. The average molecular weight is 474 g/mol. The number of rotatable bonds is 13. The molecule has 0 aliphatic carbocycles. The normalized spacial score (nSPS) is 17.9. The minimum Gasteiger partial charge on any atom is -0.342 e. The first-order valence-corrected chi connectivity index (χ1v) is 12.1. The van der Waals surface area contributed by atoms with Gasteiger partial charge in [0, 0.05) is 6.92 Å². The van der Waals surface area contributed by atoms with E-state index >= 15 is 0 Å². The van der Waals surface area contributed by atoms with Crippen LogP contribution in [0.4, 0.5) is 0 Å². The second kappa shape index (κ2) is 15.2. The van der Waals surface area contributed by atoms with Crippen LogP contribution in [0.3, 0.4) is 0 Å². The summed E-state index contributed by atoms with van der Waals surface area (Å²) < 4.78 is 0. The number of allylic oxidation sites excluding steroid dienone is 6. The number of amides is 3. The van der Waals surface area contributed by atoms with E-state index in [-0.39, 0.29) is 17.7 Å². The SMILES string of the molecule is C=C(/C=C\C=C/C/C(=C\C)C[C@@H](NC(=O)C1(N)CCNCC1)C(=O)N[C@H](C)NC(C)=O)CCC. The lowest BCUT2D eigenvalue weighted by atomic mass is 9.88. The van der Waals surface area contributed by atoms with Crippen LogP contribution in [0.5, 0.6) is 0 Å². The quantitative estimate of drug-likeness (QED) is 0.159. The summed E-state index contributed by atoms with van der Waals surface area (Å²) in [7, 11) is 0. The molecule has 190 valence electrons. The Morgan fingerprint density at radius 2 is 1.82 bits per heavy atom. The molecule has 0 aromatic rings. The lowest BCUT2D eigenvalue weighted by Crippen LogP contribution is -2.62. The minimum atomic E-state index is -1.01. The molecule has 1 heterocycles. The van der Waals surface area contributed by atoms with E-state index in [1.54, 1.807) is 6.92 Å². The molecule has 3 amide bonds. The highest BCUT2D eigenvalue weighted by Crippen LogP contribution is 2.17. The zero-order valence-electron chi connectivity index (χ0n) is 21.2. The van der Waals surface area contributed by atoms with Crippen LogP contribution in [0.1, 0.15) is 66.2 Å². The maximum absolute atomic E-state index is 13.0. The molecular weight excluding hydrogens is 430 g/mol. The van der Waals surface area contributed by atoms with E-state index in [1.807, 2.05) is 37.3 Å². The van der Waals surface area contributed by atoms with Crippen LogP contribution in [0.25, 0.3) is 0 Å². The smallest absolute Gasteiger partial charge is 0.244 e. The molecule has 34 heavy (non-hydrogen) atoms.